The number of hydrogen-bond acceptors (Lipinski definition) is 5. The number of benzene rings is 1. The molecule has 2 amide bonds. The highest BCUT2D eigenvalue weighted by Crippen LogP contribution is 2.32. The monoisotopic (exact) mass is 475 g/mol. The van der Waals surface area contributed by atoms with Crippen LogP contribution in [-0.2, 0) is 11.2 Å². The summed E-state index contributed by atoms with van der Waals surface area (Å²) >= 11 is 0. The second-order valence-corrected chi connectivity index (χ2v) is 9.66. The fraction of sp³-hybridized carbons (Fsp3) is 0.464. The molecule has 35 heavy (non-hydrogen) atoms. The molecule has 4 rings (SSSR count). The maximum atomic E-state index is 13.5. The van der Waals surface area contributed by atoms with E-state index in [9.17, 15) is 14.7 Å². The zero-order chi connectivity index (χ0) is 24.9. The average molecular weight is 476 g/mol. The third-order valence-electron chi connectivity index (χ3n) is 6.65. The highest BCUT2D eigenvalue weighted by Gasteiger charge is 2.37. The van der Waals surface area contributed by atoms with Gasteiger partial charge in [0.1, 0.15) is 11.7 Å². The van der Waals surface area contributed by atoms with Crippen LogP contribution in [0.15, 0.2) is 42.6 Å². The van der Waals surface area contributed by atoms with Crippen molar-refractivity contribution in [1.82, 2.24) is 14.8 Å². The first-order valence-electron chi connectivity index (χ1n) is 12.2. The Morgan fingerprint density at radius 3 is 2.74 bits per heavy atom. The Balaban J connectivity index is 1.61. The maximum absolute atomic E-state index is 13.5. The lowest BCUT2D eigenvalue weighted by molar-refractivity contribution is -0.132. The predicted octanol–water partition coefficient (Wildman–Crippen LogP) is 2.76. The van der Waals surface area contributed by atoms with Gasteiger partial charge >= 0.3 is 0 Å². The van der Waals surface area contributed by atoms with Gasteiger partial charge in [0.2, 0.25) is 11.8 Å². The molecule has 0 unspecified atom stereocenters. The van der Waals surface area contributed by atoms with Gasteiger partial charge in [0, 0.05) is 43.6 Å². The summed E-state index contributed by atoms with van der Waals surface area (Å²) < 4.78 is 6.27. The molecular formula is C28H33N3O4. The number of likely N-dealkylation sites (N-methyl/N-ethyl adjacent to an activating group) is 1. The predicted molar refractivity (Wildman–Crippen MR) is 133 cm³/mol. The highest BCUT2D eigenvalue weighted by molar-refractivity contribution is 5.97. The van der Waals surface area contributed by atoms with Crippen molar-refractivity contribution >= 4 is 11.8 Å². The van der Waals surface area contributed by atoms with Gasteiger partial charge in [-0.1, -0.05) is 49.1 Å². The zero-order valence-electron chi connectivity index (χ0n) is 20.6. The Labute approximate surface area is 207 Å². The number of aromatic nitrogens is 1. The van der Waals surface area contributed by atoms with Crippen LogP contribution in [0.5, 0.6) is 5.88 Å². The molecular weight excluding hydrogens is 442 g/mol. The molecule has 1 aromatic heterocycles. The molecule has 1 fully saturated rings. The van der Waals surface area contributed by atoms with Crippen molar-refractivity contribution in [3.8, 4) is 17.7 Å². The summed E-state index contributed by atoms with van der Waals surface area (Å²) in [6.07, 6.45) is 3.76. The van der Waals surface area contributed by atoms with Crippen molar-refractivity contribution in [3.05, 3.63) is 59.3 Å². The van der Waals surface area contributed by atoms with Crippen molar-refractivity contribution in [3.63, 3.8) is 0 Å². The minimum absolute atomic E-state index is 0.0670. The van der Waals surface area contributed by atoms with E-state index in [-0.39, 0.29) is 48.3 Å². The van der Waals surface area contributed by atoms with Crippen LogP contribution in [0.3, 0.4) is 0 Å². The number of hydrogen-bond donors (Lipinski definition) is 1. The lowest BCUT2D eigenvalue weighted by Gasteiger charge is -2.37. The second-order valence-electron chi connectivity index (χ2n) is 9.66. The molecule has 1 N–H and O–H groups in total. The van der Waals surface area contributed by atoms with Crippen LogP contribution >= 0.6 is 0 Å². The van der Waals surface area contributed by atoms with Gasteiger partial charge in [-0.05, 0) is 31.4 Å². The summed E-state index contributed by atoms with van der Waals surface area (Å²) in [4.78, 5) is 33.9. The molecule has 2 aromatic rings. The molecule has 1 aliphatic carbocycles. The van der Waals surface area contributed by atoms with Gasteiger partial charge in [-0.15, -0.1) is 0 Å². The van der Waals surface area contributed by atoms with Gasteiger partial charge in [0.15, 0.2) is 0 Å². The molecule has 7 heteroatoms. The maximum Gasteiger partial charge on any atom is 0.259 e. The van der Waals surface area contributed by atoms with Crippen LogP contribution in [0.1, 0.15) is 48.2 Å². The first-order valence-corrected chi connectivity index (χ1v) is 12.2. The first-order chi connectivity index (χ1) is 16.9. The number of rotatable bonds is 6. The fourth-order valence-corrected chi connectivity index (χ4v) is 4.23. The normalized spacial score (nSPS) is 20.5. The molecule has 3 atom stereocenters. The van der Waals surface area contributed by atoms with Crippen molar-refractivity contribution < 1.29 is 19.4 Å². The standard InChI is InChI=1S/C28H33N3O4/c1-19-16-31(20(2)18-32)28(34)24-14-22(11-7-10-21-8-5-4-6-9-21)15-29-26(24)35-25(19)17-30(3)27(33)23-12-13-23/h4-6,8-9,14-15,19-20,23,25,32H,10,12-13,16-18H2,1-3H3/t19-,20+,25-/m0/s1. The number of amides is 2. The van der Waals surface area contributed by atoms with Crippen molar-refractivity contribution in [1.29, 1.82) is 0 Å². The highest BCUT2D eigenvalue weighted by atomic mass is 16.5. The summed E-state index contributed by atoms with van der Waals surface area (Å²) in [6, 6.07) is 11.3. The number of carbonyl (C=O) groups is 2. The summed E-state index contributed by atoms with van der Waals surface area (Å²) in [5, 5.41) is 9.82. The Morgan fingerprint density at radius 1 is 1.31 bits per heavy atom. The largest absolute Gasteiger partial charge is 0.472 e. The molecule has 2 heterocycles. The van der Waals surface area contributed by atoms with E-state index in [0.29, 0.717) is 30.6 Å². The van der Waals surface area contributed by atoms with Crippen LogP contribution in [0.2, 0.25) is 0 Å². The van der Waals surface area contributed by atoms with Crippen molar-refractivity contribution in [2.24, 2.45) is 11.8 Å². The Hall–Kier alpha value is -3.37. The third-order valence-corrected chi connectivity index (χ3v) is 6.65. The number of aliphatic hydroxyl groups excluding tert-OH is 1. The van der Waals surface area contributed by atoms with E-state index >= 15 is 0 Å². The van der Waals surface area contributed by atoms with Gasteiger partial charge in [-0.2, -0.15) is 0 Å². The minimum Gasteiger partial charge on any atom is -0.472 e. The van der Waals surface area contributed by atoms with E-state index in [2.05, 4.69) is 16.8 Å². The van der Waals surface area contributed by atoms with Crippen molar-refractivity contribution in [2.75, 3.05) is 26.7 Å². The molecule has 7 nitrogen and oxygen atoms in total. The number of carbonyl (C=O) groups excluding carboxylic acids is 2. The fourth-order valence-electron chi connectivity index (χ4n) is 4.23. The molecule has 0 saturated heterocycles. The van der Waals surface area contributed by atoms with Crippen LogP contribution in [0.4, 0.5) is 0 Å². The molecule has 1 aliphatic heterocycles. The van der Waals surface area contributed by atoms with Crippen LogP contribution in [0, 0.1) is 23.7 Å². The molecule has 0 bridgehead atoms. The topological polar surface area (TPSA) is 83.0 Å². The van der Waals surface area contributed by atoms with E-state index in [1.54, 1.807) is 29.1 Å². The summed E-state index contributed by atoms with van der Waals surface area (Å²) in [6.45, 7) is 4.48. The first kappa shape index (κ1) is 24.7. The van der Waals surface area contributed by atoms with Crippen LogP contribution < -0.4 is 4.74 Å². The summed E-state index contributed by atoms with van der Waals surface area (Å²) in [7, 11) is 1.80. The van der Waals surface area contributed by atoms with Gasteiger partial charge in [0.05, 0.1) is 19.2 Å². The number of fused-ring (bicyclic) bond motifs is 1. The van der Waals surface area contributed by atoms with Crippen LogP contribution in [0.25, 0.3) is 0 Å². The molecule has 1 saturated carbocycles. The van der Waals surface area contributed by atoms with E-state index in [0.717, 1.165) is 18.4 Å². The number of aliphatic hydroxyl groups is 1. The smallest absolute Gasteiger partial charge is 0.259 e. The van der Waals surface area contributed by atoms with Gasteiger partial charge < -0.3 is 19.6 Å². The summed E-state index contributed by atoms with van der Waals surface area (Å²) in [5.74, 6) is 6.44. The average Bonchev–Trinajstić information content (AvgIpc) is 3.71. The van der Waals surface area contributed by atoms with Crippen molar-refractivity contribution in [2.45, 2.75) is 45.3 Å². The van der Waals surface area contributed by atoms with Gasteiger partial charge in [-0.25, -0.2) is 4.98 Å². The number of nitrogens with zero attached hydrogens (tertiary/aromatic N) is 3. The third kappa shape index (κ3) is 6.01. The summed E-state index contributed by atoms with van der Waals surface area (Å²) in [5.41, 5.74) is 2.06. The molecule has 184 valence electrons. The lowest BCUT2D eigenvalue weighted by Crippen LogP contribution is -2.50. The van der Waals surface area contributed by atoms with Gasteiger partial charge in [0.25, 0.3) is 5.91 Å². The Bertz CT molecular complexity index is 1120. The van der Waals surface area contributed by atoms with E-state index in [1.807, 2.05) is 44.2 Å². The molecule has 2 aliphatic rings. The van der Waals surface area contributed by atoms with E-state index in [4.69, 9.17) is 4.74 Å². The minimum atomic E-state index is -0.366. The zero-order valence-corrected chi connectivity index (χ0v) is 20.6. The Kier molecular flexibility index (Phi) is 7.72. The lowest BCUT2D eigenvalue weighted by atomic mass is 9.99. The Morgan fingerprint density at radius 2 is 2.06 bits per heavy atom. The molecule has 0 radical (unpaired) electrons. The van der Waals surface area contributed by atoms with E-state index in [1.165, 1.54) is 0 Å². The number of ether oxygens (including phenoxy) is 1. The second kappa shape index (κ2) is 10.9. The van der Waals surface area contributed by atoms with Gasteiger partial charge in [-0.3, -0.25) is 9.59 Å². The number of pyridine rings is 1. The van der Waals surface area contributed by atoms with E-state index < -0.39 is 0 Å². The molecule has 0 spiro atoms. The molecule has 1 aromatic carbocycles. The quantitative estimate of drug-likeness (QED) is 0.650. The SMILES string of the molecule is C[C@H](CO)N1C[C@H](C)[C@H](CN(C)C(=O)C2CC2)Oc2ncc(C#CCc3ccccc3)cc2C1=O. The van der Waals surface area contributed by atoms with Crippen LogP contribution in [-0.4, -0.2) is 70.6 Å².